The molecule has 0 aliphatic rings. The van der Waals surface area contributed by atoms with Crippen molar-refractivity contribution in [2.75, 3.05) is 7.11 Å². The molecule has 16 heavy (non-hydrogen) atoms. The second-order valence-electron chi connectivity index (χ2n) is 2.83. The summed E-state index contributed by atoms with van der Waals surface area (Å²) in [6.45, 7) is 1.78. The Bertz CT molecular complexity index is 294. The van der Waals surface area contributed by atoms with Crippen molar-refractivity contribution in [2.24, 2.45) is 0 Å². The summed E-state index contributed by atoms with van der Waals surface area (Å²) in [7, 11) is 1.55. The van der Waals surface area contributed by atoms with Gasteiger partial charge in [0.1, 0.15) is 6.23 Å². The summed E-state index contributed by atoms with van der Waals surface area (Å²) in [6.07, 6.45) is -0.257. The molecule has 0 aromatic heterocycles. The van der Waals surface area contributed by atoms with Crippen molar-refractivity contribution < 1.29 is 19.6 Å². The Morgan fingerprint density at radius 3 is 2.31 bits per heavy atom. The van der Waals surface area contributed by atoms with Gasteiger partial charge in [-0.3, -0.25) is 4.79 Å². The van der Waals surface area contributed by atoms with E-state index in [9.17, 15) is 4.79 Å². The number of methoxy groups -OCH3 is 1. The first-order valence-electron chi connectivity index (χ1n) is 4.64. The van der Waals surface area contributed by atoms with Crippen LogP contribution in [0.5, 0.6) is 0 Å². The minimum atomic E-state index is -0.257. The molecule has 0 heterocycles. The molecule has 0 aliphatic heterocycles. The molecule has 1 amide bonds. The van der Waals surface area contributed by atoms with Gasteiger partial charge in [-0.2, -0.15) is 0 Å². The van der Waals surface area contributed by atoms with E-state index in [4.69, 9.17) is 14.8 Å². The molecule has 87 valence electrons. The van der Waals surface area contributed by atoms with E-state index in [1.165, 1.54) is 0 Å². The molecule has 1 radical (unpaired) electrons. The molecule has 0 spiro atoms. The average molecular weight is 224 g/mol. The van der Waals surface area contributed by atoms with Crippen molar-refractivity contribution in [1.82, 2.24) is 5.32 Å². The van der Waals surface area contributed by atoms with Crippen LogP contribution in [0.1, 0.15) is 17.3 Å². The molecule has 3 N–H and O–H groups in total. The maximum atomic E-state index is 11.4. The van der Waals surface area contributed by atoms with E-state index >= 15 is 0 Å². The second-order valence-corrected chi connectivity index (χ2v) is 2.83. The van der Waals surface area contributed by atoms with Gasteiger partial charge in [-0.15, -0.1) is 0 Å². The highest BCUT2D eigenvalue weighted by Crippen LogP contribution is 1.98. The second kappa shape index (κ2) is 8.90. The van der Waals surface area contributed by atoms with Crippen LogP contribution in [-0.2, 0) is 4.74 Å². The fraction of sp³-hybridized carbons (Fsp3) is 0.300. The van der Waals surface area contributed by atoms with E-state index in [0.717, 1.165) is 0 Å². The SMILES string of the molecule is COC(C)NC(=O)c1ccccc1.O[B]O. The van der Waals surface area contributed by atoms with Crippen LogP contribution >= 0.6 is 0 Å². The summed E-state index contributed by atoms with van der Waals surface area (Å²) < 4.78 is 4.91. The first-order chi connectivity index (χ1) is 7.65. The third kappa shape index (κ3) is 6.18. The molecule has 0 aliphatic carbocycles. The molecule has 0 saturated heterocycles. The molecule has 1 aromatic carbocycles. The molecule has 0 saturated carbocycles. The Hall–Kier alpha value is -1.37. The Labute approximate surface area is 95.4 Å². The lowest BCUT2D eigenvalue weighted by atomic mass is 10.2. The van der Waals surface area contributed by atoms with Crippen LogP contribution in [0.25, 0.3) is 0 Å². The quantitative estimate of drug-likeness (QED) is 0.495. The van der Waals surface area contributed by atoms with Gasteiger partial charge in [0.25, 0.3) is 5.91 Å². The predicted molar refractivity (Wildman–Crippen MR) is 60.6 cm³/mol. The van der Waals surface area contributed by atoms with E-state index in [-0.39, 0.29) is 19.8 Å². The number of hydrogen-bond donors (Lipinski definition) is 3. The van der Waals surface area contributed by atoms with Crippen molar-refractivity contribution in [1.29, 1.82) is 0 Å². The summed E-state index contributed by atoms with van der Waals surface area (Å²) in [5.74, 6) is -0.116. The van der Waals surface area contributed by atoms with Crippen LogP contribution in [0.3, 0.4) is 0 Å². The lowest BCUT2D eigenvalue weighted by Gasteiger charge is -2.11. The number of benzene rings is 1. The van der Waals surface area contributed by atoms with E-state index in [2.05, 4.69) is 5.32 Å². The Morgan fingerprint density at radius 1 is 1.38 bits per heavy atom. The monoisotopic (exact) mass is 224 g/mol. The molecular weight excluding hydrogens is 209 g/mol. The van der Waals surface area contributed by atoms with Gasteiger partial charge in [0.15, 0.2) is 0 Å². The number of carbonyl (C=O) groups excluding carboxylic acids is 1. The topological polar surface area (TPSA) is 78.8 Å². The minimum Gasteiger partial charge on any atom is -0.429 e. The Balaban J connectivity index is 0.000000673. The van der Waals surface area contributed by atoms with Gasteiger partial charge >= 0.3 is 7.69 Å². The Kier molecular flexibility index (Phi) is 8.14. The standard InChI is InChI=1S/C10H13NO2.BH2O2/c1-8(13-2)11-10(12)9-6-4-3-5-7-9;2-1-3/h3-8H,1-2H3,(H,11,12);2-3H. The molecular formula is C10H15BNO4. The van der Waals surface area contributed by atoms with Crippen molar-refractivity contribution in [3.63, 3.8) is 0 Å². The van der Waals surface area contributed by atoms with Gasteiger partial charge in [0, 0.05) is 12.7 Å². The van der Waals surface area contributed by atoms with Crippen LogP contribution < -0.4 is 5.32 Å². The zero-order chi connectivity index (χ0) is 12.4. The zero-order valence-corrected chi connectivity index (χ0v) is 9.25. The van der Waals surface area contributed by atoms with Gasteiger partial charge in [0.05, 0.1) is 0 Å². The molecule has 1 atom stereocenters. The average Bonchev–Trinajstić information content (AvgIpc) is 2.31. The van der Waals surface area contributed by atoms with Crippen LogP contribution in [0.15, 0.2) is 30.3 Å². The summed E-state index contributed by atoms with van der Waals surface area (Å²) in [5, 5.41) is 16.7. The molecule has 1 aromatic rings. The van der Waals surface area contributed by atoms with Crippen molar-refractivity contribution >= 4 is 13.6 Å². The maximum absolute atomic E-state index is 11.4. The van der Waals surface area contributed by atoms with Gasteiger partial charge in [-0.05, 0) is 19.1 Å². The van der Waals surface area contributed by atoms with Crippen LogP contribution in [0.2, 0.25) is 0 Å². The third-order valence-electron chi connectivity index (χ3n) is 1.72. The van der Waals surface area contributed by atoms with Gasteiger partial charge < -0.3 is 20.1 Å². The lowest BCUT2D eigenvalue weighted by molar-refractivity contribution is 0.0658. The first-order valence-corrected chi connectivity index (χ1v) is 4.64. The van der Waals surface area contributed by atoms with Crippen LogP contribution in [0, 0.1) is 0 Å². The lowest BCUT2D eigenvalue weighted by Crippen LogP contribution is -2.33. The summed E-state index contributed by atoms with van der Waals surface area (Å²) in [5.41, 5.74) is 0.645. The minimum absolute atomic E-state index is 0. The fourth-order valence-electron chi connectivity index (χ4n) is 0.916. The molecule has 6 heteroatoms. The number of amides is 1. The van der Waals surface area contributed by atoms with E-state index in [1.54, 1.807) is 26.2 Å². The smallest absolute Gasteiger partial charge is 0.429 e. The van der Waals surface area contributed by atoms with Crippen molar-refractivity contribution in [3.8, 4) is 0 Å². The highest BCUT2D eigenvalue weighted by atomic mass is 16.5. The van der Waals surface area contributed by atoms with Crippen LogP contribution in [0.4, 0.5) is 0 Å². The number of carbonyl (C=O) groups is 1. The molecule has 5 nitrogen and oxygen atoms in total. The maximum Gasteiger partial charge on any atom is 0.482 e. The highest BCUT2D eigenvalue weighted by molar-refractivity contribution is 6.13. The number of nitrogens with one attached hydrogen (secondary N) is 1. The van der Waals surface area contributed by atoms with E-state index < -0.39 is 0 Å². The van der Waals surface area contributed by atoms with Gasteiger partial charge in [0.2, 0.25) is 0 Å². The number of rotatable bonds is 3. The normalized spacial score (nSPS) is 10.8. The summed E-state index contributed by atoms with van der Waals surface area (Å²) >= 11 is 0. The van der Waals surface area contributed by atoms with Gasteiger partial charge in [-0.25, -0.2) is 0 Å². The van der Waals surface area contributed by atoms with Crippen molar-refractivity contribution in [2.45, 2.75) is 13.2 Å². The van der Waals surface area contributed by atoms with Crippen molar-refractivity contribution in [3.05, 3.63) is 35.9 Å². The van der Waals surface area contributed by atoms with Gasteiger partial charge in [-0.1, -0.05) is 18.2 Å². The van der Waals surface area contributed by atoms with Crippen LogP contribution in [-0.4, -0.2) is 37.0 Å². The summed E-state index contributed by atoms with van der Waals surface area (Å²) in [6, 6.07) is 9.05. The molecule has 1 unspecified atom stereocenters. The van der Waals surface area contributed by atoms with E-state index in [1.807, 2.05) is 18.2 Å². The first kappa shape index (κ1) is 14.6. The number of hydrogen-bond acceptors (Lipinski definition) is 4. The summed E-state index contributed by atoms with van der Waals surface area (Å²) in [4.78, 5) is 11.4. The molecule has 0 bridgehead atoms. The highest BCUT2D eigenvalue weighted by Gasteiger charge is 2.06. The number of ether oxygens (including phenoxy) is 1. The largest absolute Gasteiger partial charge is 0.482 e. The molecule has 1 rings (SSSR count). The third-order valence-corrected chi connectivity index (χ3v) is 1.72. The molecule has 0 fully saturated rings. The van der Waals surface area contributed by atoms with E-state index in [0.29, 0.717) is 5.56 Å². The predicted octanol–water partition coefficient (Wildman–Crippen LogP) is -0.0860. The fourth-order valence-corrected chi connectivity index (χ4v) is 0.916. The Morgan fingerprint density at radius 2 is 1.88 bits per heavy atom. The zero-order valence-electron chi connectivity index (χ0n) is 9.25.